The predicted molar refractivity (Wildman–Crippen MR) is 85.2 cm³/mol. The van der Waals surface area contributed by atoms with E-state index in [4.69, 9.17) is 10.5 Å². The minimum absolute atomic E-state index is 0.0628. The smallest absolute Gasteiger partial charge is 0.250 e. The number of benzene rings is 1. The molecule has 0 aliphatic heterocycles. The van der Waals surface area contributed by atoms with Crippen LogP contribution in [0.15, 0.2) is 24.3 Å². The van der Waals surface area contributed by atoms with E-state index in [9.17, 15) is 4.79 Å². The highest BCUT2D eigenvalue weighted by Gasteiger charge is 2.26. The number of para-hydroxylation sites is 1. The highest BCUT2D eigenvalue weighted by atomic mass is 16.5. The van der Waals surface area contributed by atoms with Crippen molar-refractivity contribution in [1.29, 1.82) is 0 Å². The summed E-state index contributed by atoms with van der Waals surface area (Å²) in [7, 11) is 0. The van der Waals surface area contributed by atoms with Crippen LogP contribution >= 0.6 is 0 Å². The number of nitrogens with one attached hydrogen (secondary N) is 1. The first kappa shape index (κ1) is 16.0. The molecule has 1 aromatic rings. The first-order chi connectivity index (χ1) is 10.1. The zero-order valence-corrected chi connectivity index (χ0v) is 12.9. The molecule has 1 aliphatic carbocycles. The molecule has 21 heavy (non-hydrogen) atoms. The molecule has 3 N–H and O–H groups in total. The van der Waals surface area contributed by atoms with E-state index in [1.165, 1.54) is 12.8 Å². The van der Waals surface area contributed by atoms with Gasteiger partial charge in [-0.15, -0.1) is 0 Å². The molecule has 1 aromatic carbocycles. The lowest BCUT2D eigenvalue weighted by Gasteiger charge is -2.27. The van der Waals surface area contributed by atoms with Crippen LogP contribution in [-0.4, -0.2) is 24.7 Å². The molecule has 0 spiro atoms. The van der Waals surface area contributed by atoms with E-state index in [1.54, 1.807) is 0 Å². The monoisotopic (exact) mass is 290 g/mol. The molecule has 1 aliphatic rings. The lowest BCUT2D eigenvalue weighted by Crippen LogP contribution is -2.44. The van der Waals surface area contributed by atoms with Crippen molar-refractivity contribution in [1.82, 2.24) is 0 Å². The fraction of sp³-hybridized carbons (Fsp3) is 0.588. The van der Waals surface area contributed by atoms with Gasteiger partial charge in [-0.2, -0.15) is 0 Å². The SMILES string of the molecule is Cc1ccccc1NC(=O)COCC1(N)CCCCCC1. The molecular weight excluding hydrogens is 264 g/mol. The van der Waals surface area contributed by atoms with E-state index in [1.807, 2.05) is 31.2 Å². The molecule has 0 atom stereocenters. The molecule has 4 heteroatoms. The number of ether oxygens (including phenoxy) is 1. The van der Waals surface area contributed by atoms with Crippen LogP contribution in [0.1, 0.15) is 44.1 Å². The standard InChI is InChI=1S/C17H26N2O2/c1-14-8-4-5-9-15(14)19-16(20)12-21-13-17(18)10-6-2-3-7-11-17/h4-5,8-9H,2-3,6-7,10-13,18H2,1H3,(H,19,20). The van der Waals surface area contributed by atoms with Crippen molar-refractivity contribution in [2.24, 2.45) is 5.73 Å². The number of hydrogen-bond donors (Lipinski definition) is 2. The van der Waals surface area contributed by atoms with Gasteiger partial charge in [-0.25, -0.2) is 0 Å². The van der Waals surface area contributed by atoms with Crippen molar-refractivity contribution in [3.8, 4) is 0 Å². The molecule has 0 unspecified atom stereocenters. The Labute approximate surface area is 127 Å². The van der Waals surface area contributed by atoms with Crippen LogP contribution in [0.25, 0.3) is 0 Å². The van der Waals surface area contributed by atoms with Gasteiger partial charge >= 0.3 is 0 Å². The lowest BCUT2D eigenvalue weighted by atomic mass is 9.93. The van der Waals surface area contributed by atoms with E-state index in [0.717, 1.165) is 36.9 Å². The van der Waals surface area contributed by atoms with Gasteiger partial charge in [-0.05, 0) is 31.4 Å². The summed E-state index contributed by atoms with van der Waals surface area (Å²) in [6.07, 6.45) is 6.82. The zero-order chi connectivity index (χ0) is 15.1. The Morgan fingerprint density at radius 2 is 1.90 bits per heavy atom. The van der Waals surface area contributed by atoms with Crippen LogP contribution in [0.3, 0.4) is 0 Å². The third-order valence-electron chi connectivity index (χ3n) is 4.14. The number of carbonyl (C=O) groups excluding carboxylic acids is 1. The summed E-state index contributed by atoms with van der Waals surface area (Å²) in [6, 6.07) is 7.72. The average Bonchev–Trinajstić information content (AvgIpc) is 2.66. The van der Waals surface area contributed by atoms with Crippen LogP contribution < -0.4 is 11.1 Å². The number of hydrogen-bond acceptors (Lipinski definition) is 3. The molecule has 0 radical (unpaired) electrons. The van der Waals surface area contributed by atoms with Gasteiger partial charge in [0.1, 0.15) is 6.61 Å². The van der Waals surface area contributed by atoms with Gasteiger partial charge in [-0.1, -0.05) is 43.9 Å². The maximum Gasteiger partial charge on any atom is 0.250 e. The lowest BCUT2D eigenvalue weighted by molar-refractivity contribution is -0.121. The molecule has 1 fully saturated rings. The minimum atomic E-state index is -0.251. The summed E-state index contributed by atoms with van der Waals surface area (Å²) in [4.78, 5) is 11.9. The van der Waals surface area contributed by atoms with Crippen LogP contribution in [0, 0.1) is 6.92 Å². The molecular formula is C17H26N2O2. The first-order valence-electron chi connectivity index (χ1n) is 7.81. The Kier molecular flexibility index (Phi) is 5.76. The van der Waals surface area contributed by atoms with Crippen molar-refractivity contribution < 1.29 is 9.53 Å². The Hall–Kier alpha value is -1.39. The molecule has 2 rings (SSSR count). The maximum atomic E-state index is 11.9. The zero-order valence-electron chi connectivity index (χ0n) is 12.9. The fourth-order valence-electron chi connectivity index (χ4n) is 2.82. The van der Waals surface area contributed by atoms with E-state index in [0.29, 0.717) is 6.61 Å². The van der Waals surface area contributed by atoms with Crippen molar-refractivity contribution in [2.45, 2.75) is 51.0 Å². The molecule has 1 amide bonds. The van der Waals surface area contributed by atoms with E-state index in [-0.39, 0.29) is 18.1 Å². The van der Waals surface area contributed by atoms with Gasteiger partial charge in [-0.3, -0.25) is 4.79 Å². The van der Waals surface area contributed by atoms with E-state index >= 15 is 0 Å². The van der Waals surface area contributed by atoms with Gasteiger partial charge in [0.2, 0.25) is 5.91 Å². The van der Waals surface area contributed by atoms with Crippen LogP contribution in [0.4, 0.5) is 5.69 Å². The van der Waals surface area contributed by atoms with Gasteiger partial charge in [0.25, 0.3) is 0 Å². The highest BCUT2D eigenvalue weighted by Crippen LogP contribution is 2.25. The normalized spacial score (nSPS) is 18.0. The summed E-state index contributed by atoms with van der Waals surface area (Å²) >= 11 is 0. The van der Waals surface area contributed by atoms with Crippen molar-refractivity contribution in [3.63, 3.8) is 0 Å². The Morgan fingerprint density at radius 3 is 2.57 bits per heavy atom. The third-order valence-corrected chi connectivity index (χ3v) is 4.14. The van der Waals surface area contributed by atoms with E-state index < -0.39 is 0 Å². The highest BCUT2D eigenvalue weighted by molar-refractivity contribution is 5.92. The first-order valence-corrected chi connectivity index (χ1v) is 7.81. The Balaban J connectivity index is 1.75. The number of aryl methyl sites for hydroxylation is 1. The van der Waals surface area contributed by atoms with Crippen molar-refractivity contribution >= 4 is 11.6 Å². The third kappa shape index (κ3) is 5.14. The van der Waals surface area contributed by atoms with E-state index in [2.05, 4.69) is 5.32 Å². The summed E-state index contributed by atoms with van der Waals surface area (Å²) in [5, 5.41) is 2.87. The number of rotatable bonds is 5. The number of nitrogens with two attached hydrogens (primary N) is 1. The molecule has 0 aromatic heterocycles. The molecule has 0 bridgehead atoms. The average molecular weight is 290 g/mol. The summed E-state index contributed by atoms with van der Waals surface area (Å²) in [5.74, 6) is -0.124. The van der Waals surface area contributed by atoms with Crippen LogP contribution in [0.2, 0.25) is 0 Å². The topological polar surface area (TPSA) is 64.3 Å². The van der Waals surface area contributed by atoms with Crippen molar-refractivity contribution in [3.05, 3.63) is 29.8 Å². The second-order valence-corrected chi connectivity index (χ2v) is 6.13. The van der Waals surface area contributed by atoms with Gasteiger partial charge in [0.05, 0.1) is 6.61 Å². The molecule has 4 nitrogen and oxygen atoms in total. The van der Waals surface area contributed by atoms with Crippen LogP contribution in [-0.2, 0) is 9.53 Å². The number of amides is 1. The summed E-state index contributed by atoms with van der Waals surface area (Å²) in [5.41, 5.74) is 8.00. The number of carbonyl (C=O) groups is 1. The largest absolute Gasteiger partial charge is 0.370 e. The Bertz CT molecular complexity index is 466. The second-order valence-electron chi connectivity index (χ2n) is 6.13. The minimum Gasteiger partial charge on any atom is -0.370 e. The van der Waals surface area contributed by atoms with Crippen molar-refractivity contribution in [2.75, 3.05) is 18.5 Å². The Morgan fingerprint density at radius 1 is 1.24 bits per heavy atom. The fourth-order valence-corrected chi connectivity index (χ4v) is 2.82. The predicted octanol–water partition coefficient (Wildman–Crippen LogP) is 3.00. The van der Waals surface area contributed by atoms with Crippen LogP contribution in [0.5, 0.6) is 0 Å². The van der Waals surface area contributed by atoms with Gasteiger partial charge in [0, 0.05) is 11.2 Å². The molecule has 0 heterocycles. The molecule has 0 saturated heterocycles. The molecule has 1 saturated carbocycles. The van der Waals surface area contributed by atoms with Gasteiger partial charge < -0.3 is 15.8 Å². The number of anilines is 1. The maximum absolute atomic E-state index is 11.9. The summed E-state index contributed by atoms with van der Waals surface area (Å²) in [6.45, 7) is 2.50. The second kappa shape index (κ2) is 7.57. The molecule has 116 valence electrons. The summed E-state index contributed by atoms with van der Waals surface area (Å²) < 4.78 is 5.57. The quantitative estimate of drug-likeness (QED) is 0.819. The van der Waals surface area contributed by atoms with Gasteiger partial charge in [0.15, 0.2) is 0 Å².